The van der Waals surface area contributed by atoms with E-state index in [1.54, 1.807) is 6.92 Å². The van der Waals surface area contributed by atoms with Gasteiger partial charge in [0.2, 0.25) is 0 Å². The van der Waals surface area contributed by atoms with E-state index < -0.39 is 5.97 Å². The first-order valence-electron chi connectivity index (χ1n) is 10.1. The first-order valence-corrected chi connectivity index (χ1v) is 10.9. The van der Waals surface area contributed by atoms with Crippen LogP contribution < -0.4 is 5.32 Å². The number of rotatable bonds is 4. The van der Waals surface area contributed by atoms with Crippen molar-refractivity contribution in [2.75, 3.05) is 18.5 Å². The minimum atomic E-state index is -0.425. The average Bonchev–Trinajstić information content (AvgIpc) is 3.15. The summed E-state index contributed by atoms with van der Waals surface area (Å²) in [4.78, 5) is 14.7. The van der Waals surface area contributed by atoms with Gasteiger partial charge in [-0.15, -0.1) is 0 Å². The number of esters is 1. The van der Waals surface area contributed by atoms with E-state index in [2.05, 4.69) is 15.3 Å². The summed E-state index contributed by atoms with van der Waals surface area (Å²) in [6, 6.07) is 15.4. The van der Waals surface area contributed by atoms with E-state index in [0.29, 0.717) is 41.9 Å². The van der Waals surface area contributed by atoms with Gasteiger partial charge in [0.05, 0.1) is 18.0 Å². The zero-order chi connectivity index (χ0) is 22.0. The molecule has 1 aliphatic heterocycles. The smallest absolute Gasteiger partial charge is 0.359 e. The number of halogens is 1. The zero-order valence-corrected chi connectivity index (χ0v) is 19.0. The van der Waals surface area contributed by atoms with E-state index in [9.17, 15) is 4.79 Å². The van der Waals surface area contributed by atoms with Crippen molar-refractivity contribution < 1.29 is 9.53 Å². The highest BCUT2D eigenvalue weighted by molar-refractivity contribution is 7.80. The van der Waals surface area contributed by atoms with Gasteiger partial charge in [0.15, 0.2) is 10.8 Å². The molecule has 0 atom stereocenters. The standard InChI is InChI=1S/C23H23ClN4O2S/c1-3-30-22(29)21-18-14-27(23(31)25-19-7-5-4-6-15(19)2)13-12-20(18)28(26-21)17-10-8-16(24)9-11-17/h4-11H,3,12-14H2,1-2H3,(H,25,31). The third-order valence-corrected chi connectivity index (χ3v) is 5.88. The number of aromatic nitrogens is 2. The maximum atomic E-state index is 12.6. The lowest BCUT2D eigenvalue weighted by Gasteiger charge is -2.30. The molecule has 160 valence electrons. The molecule has 1 aliphatic rings. The first-order chi connectivity index (χ1) is 15.0. The molecule has 0 amide bonds. The van der Waals surface area contributed by atoms with Gasteiger partial charge >= 0.3 is 5.97 Å². The summed E-state index contributed by atoms with van der Waals surface area (Å²) in [6.07, 6.45) is 0.694. The Bertz CT molecular complexity index is 1130. The van der Waals surface area contributed by atoms with Crippen LogP contribution >= 0.6 is 23.8 Å². The molecule has 0 radical (unpaired) electrons. The fourth-order valence-corrected chi connectivity index (χ4v) is 4.05. The molecule has 0 unspecified atom stereocenters. The summed E-state index contributed by atoms with van der Waals surface area (Å²) in [5.74, 6) is -0.425. The molecule has 0 aliphatic carbocycles. The largest absolute Gasteiger partial charge is 0.461 e. The van der Waals surface area contributed by atoms with Gasteiger partial charge in [-0.25, -0.2) is 9.48 Å². The van der Waals surface area contributed by atoms with Crippen molar-refractivity contribution in [2.45, 2.75) is 26.8 Å². The number of hydrogen-bond donors (Lipinski definition) is 1. The summed E-state index contributed by atoms with van der Waals surface area (Å²) in [5, 5.41) is 9.21. The second-order valence-corrected chi connectivity index (χ2v) is 8.12. The predicted molar refractivity (Wildman–Crippen MR) is 126 cm³/mol. The number of aryl methyl sites for hydroxylation is 1. The molecule has 31 heavy (non-hydrogen) atoms. The number of anilines is 1. The lowest BCUT2D eigenvalue weighted by atomic mass is 10.1. The van der Waals surface area contributed by atoms with E-state index >= 15 is 0 Å². The van der Waals surface area contributed by atoms with Crippen molar-refractivity contribution >= 4 is 40.6 Å². The molecule has 2 aromatic carbocycles. The van der Waals surface area contributed by atoms with E-state index in [4.69, 9.17) is 28.6 Å². The van der Waals surface area contributed by atoms with Gasteiger partial charge in [-0.05, 0) is 62.0 Å². The van der Waals surface area contributed by atoms with Crippen LogP contribution in [0.15, 0.2) is 48.5 Å². The summed E-state index contributed by atoms with van der Waals surface area (Å²) >= 11 is 11.7. The highest BCUT2D eigenvalue weighted by Crippen LogP contribution is 2.27. The molecule has 0 bridgehead atoms. The maximum Gasteiger partial charge on any atom is 0.359 e. The Morgan fingerprint density at radius 1 is 1.23 bits per heavy atom. The van der Waals surface area contributed by atoms with Crippen molar-refractivity contribution in [1.29, 1.82) is 0 Å². The van der Waals surface area contributed by atoms with E-state index in [1.807, 2.05) is 60.1 Å². The monoisotopic (exact) mass is 454 g/mol. The van der Waals surface area contributed by atoms with Crippen molar-refractivity contribution in [3.63, 3.8) is 0 Å². The fourth-order valence-electron chi connectivity index (χ4n) is 3.66. The molecule has 1 aromatic heterocycles. The quantitative estimate of drug-likeness (QED) is 0.453. The number of nitrogens with one attached hydrogen (secondary N) is 1. The lowest BCUT2D eigenvalue weighted by molar-refractivity contribution is 0.0517. The molecule has 0 fully saturated rings. The van der Waals surface area contributed by atoms with Crippen molar-refractivity contribution in [1.82, 2.24) is 14.7 Å². The average molecular weight is 455 g/mol. The second kappa shape index (κ2) is 9.08. The minimum Gasteiger partial charge on any atom is -0.461 e. The predicted octanol–water partition coefficient (Wildman–Crippen LogP) is 4.77. The van der Waals surface area contributed by atoms with Crippen molar-refractivity contribution in [3.05, 3.63) is 76.1 Å². The highest BCUT2D eigenvalue weighted by atomic mass is 35.5. The van der Waals surface area contributed by atoms with Crippen LogP contribution in [0.3, 0.4) is 0 Å². The van der Waals surface area contributed by atoms with Crippen molar-refractivity contribution in [3.8, 4) is 5.69 Å². The van der Waals surface area contributed by atoms with Gasteiger partial charge in [0.25, 0.3) is 0 Å². The first kappa shape index (κ1) is 21.3. The van der Waals surface area contributed by atoms with Crippen LogP contribution in [0.4, 0.5) is 5.69 Å². The van der Waals surface area contributed by atoms with Gasteiger partial charge in [-0.1, -0.05) is 29.8 Å². The van der Waals surface area contributed by atoms with Gasteiger partial charge < -0.3 is 15.0 Å². The van der Waals surface area contributed by atoms with Gasteiger partial charge in [-0.3, -0.25) is 0 Å². The summed E-state index contributed by atoms with van der Waals surface area (Å²) < 4.78 is 7.08. The molecule has 0 saturated heterocycles. The van der Waals surface area contributed by atoms with Crippen molar-refractivity contribution in [2.24, 2.45) is 0 Å². The molecule has 3 aromatic rings. The third kappa shape index (κ3) is 4.43. The SMILES string of the molecule is CCOC(=O)c1nn(-c2ccc(Cl)cc2)c2c1CN(C(=S)Nc1ccccc1C)CC2. The van der Waals surface area contributed by atoms with Crippen LogP contribution in [0.25, 0.3) is 5.69 Å². The van der Waals surface area contributed by atoms with Crippen LogP contribution in [-0.4, -0.2) is 38.9 Å². The van der Waals surface area contributed by atoms with Crippen LogP contribution in [0.2, 0.25) is 5.02 Å². The Labute approximate surface area is 191 Å². The van der Waals surface area contributed by atoms with E-state index in [-0.39, 0.29) is 0 Å². The maximum absolute atomic E-state index is 12.6. The highest BCUT2D eigenvalue weighted by Gasteiger charge is 2.30. The van der Waals surface area contributed by atoms with E-state index in [0.717, 1.165) is 28.2 Å². The fraction of sp³-hybridized carbons (Fsp3) is 0.261. The molecule has 8 heteroatoms. The van der Waals surface area contributed by atoms with Crippen LogP contribution in [0, 0.1) is 6.92 Å². The van der Waals surface area contributed by atoms with Crippen LogP contribution in [0.1, 0.15) is 34.2 Å². The molecule has 4 rings (SSSR count). The number of benzene rings is 2. The number of nitrogens with zero attached hydrogens (tertiary/aromatic N) is 3. The lowest BCUT2D eigenvalue weighted by Crippen LogP contribution is -2.39. The van der Waals surface area contributed by atoms with E-state index in [1.165, 1.54) is 0 Å². The minimum absolute atomic E-state index is 0.290. The number of fused-ring (bicyclic) bond motifs is 1. The van der Waals surface area contributed by atoms with Gasteiger partial charge in [0, 0.05) is 35.8 Å². The number of carbonyl (C=O) groups is 1. The normalized spacial score (nSPS) is 12.9. The molecule has 6 nitrogen and oxygen atoms in total. The number of thiocarbonyl (C=S) groups is 1. The van der Waals surface area contributed by atoms with Gasteiger partial charge in [-0.2, -0.15) is 5.10 Å². The topological polar surface area (TPSA) is 59.4 Å². The van der Waals surface area contributed by atoms with Gasteiger partial charge in [0.1, 0.15) is 0 Å². The molecular weight excluding hydrogens is 432 g/mol. The number of para-hydroxylation sites is 1. The Kier molecular flexibility index (Phi) is 6.25. The Balaban J connectivity index is 1.65. The Morgan fingerprint density at radius 2 is 1.97 bits per heavy atom. The van der Waals surface area contributed by atoms with Crippen LogP contribution in [-0.2, 0) is 17.7 Å². The summed E-state index contributed by atoms with van der Waals surface area (Å²) in [5.41, 5.74) is 5.10. The molecule has 0 saturated carbocycles. The summed E-state index contributed by atoms with van der Waals surface area (Å²) in [6.45, 7) is 5.31. The molecule has 2 heterocycles. The third-order valence-electron chi connectivity index (χ3n) is 5.27. The molecular formula is C23H23ClN4O2S. The zero-order valence-electron chi connectivity index (χ0n) is 17.4. The number of carbonyl (C=O) groups excluding carboxylic acids is 1. The number of hydrogen-bond acceptors (Lipinski definition) is 4. The Morgan fingerprint density at radius 3 is 2.68 bits per heavy atom. The second-order valence-electron chi connectivity index (χ2n) is 7.30. The summed E-state index contributed by atoms with van der Waals surface area (Å²) in [7, 11) is 0. The molecule has 1 N–H and O–H groups in total. The van der Waals surface area contributed by atoms with Crippen LogP contribution in [0.5, 0.6) is 0 Å². The molecule has 0 spiro atoms. The Hall–Kier alpha value is -2.90. The number of ether oxygens (including phenoxy) is 1.